The van der Waals surface area contributed by atoms with Crippen LogP contribution in [0.3, 0.4) is 0 Å². The maximum absolute atomic E-state index is 12.1. The molecule has 1 aromatic heterocycles. The molecule has 1 heterocycles. The van der Waals surface area contributed by atoms with Crippen molar-refractivity contribution in [2.75, 3.05) is 11.1 Å². The number of thiazole rings is 1. The van der Waals surface area contributed by atoms with Gasteiger partial charge in [-0.25, -0.2) is 4.98 Å². The van der Waals surface area contributed by atoms with Crippen molar-refractivity contribution in [1.82, 2.24) is 4.98 Å². The van der Waals surface area contributed by atoms with E-state index in [0.29, 0.717) is 11.6 Å². The van der Waals surface area contributed by atoms with E-state index in [-0.39, 0.29) is 5.91 Å². The Bertz CT molecular complexity index is 823. The van der Waals surface area contributed by atoms with Crippen LogP contribution in [-0.4, -0.2) is 10.9 Å². The molecule has 0 saturated carbocycles. The molecule has 0 radical (unpaired) electrons. The largest absolute Gasteiger partial charge is 0.375 e. The zero-order valence-corrected chi connectivity index (χ0v) is 14.3. The molecule has 4 nitrogen and oxygen atoms in total. The van der Waals surface area contributed by atoms with Crippen LogP contribution in [0.4, 0.5) is 10.8 Å². The second-order valence-corrected chi connectivity index (χ2v) is 6.57. The van der Waals surface area contributed by atoms with E-state index in [9.17, 15) is 4.79 Å². The van der Waals surface area contributed by atoms with Crippen LogP contribution in [0.2, 0.25) is 0 Å². The summed E-state index contributed by atoms with van der Waals surface area (Å²) >= 11 is 1.42. The van der Waals surface area contributed by atoms with Crippen LogP contribution in [0.25, 0.3) is 11.3 Å². The predicted octanol–water partition coefficient (Wildman–Crippen LogP) is 4.27. The van der Waals surface area contributed by atoms with Gasteiger partial charge in [-0.3, -0.25) is 4.79 Å². The number of anilines is 2. The second kappa shape index (κ2) is 7.27. The molecular formula is C19H19N3OS. The third-order valence-electron chi connectivity index (χ3n) is 3.75. The van der Waals surface area contributed by atoms with E-state index in [0.717, 1.165) is 23.4 Å². The van der Waals surface area contributed by atoms with Crippen molar-refractivity contribution in [2.24, 2.45) is 0 Å². The lowest BCUT2D eigenvalue weighted by Gasteiger charge is -2.06. The number of rotatable bonds is 5. The number of carbonyl (C=O) groups excluding carboxylic acids is 1. The van der Waals surface area contributed by atoms with Crippen molar-refractivity contribution in [1.29, 1.82) is 0 Å². The van der Waals surface area contributed by atoms with Gasteiger partial charge in [0.2, 0.25) is 5.91 Å². The summed E-state index contributed by atoms with van der Waals surface area (Å²) in [5.41, 5.74) is 10.7. The van der Waals surface area contributed by atoms with E-state index in [1.54, 1.807) is 0 Å². The molecule has 0 aliphatic carbocycles. The summed E-state index contributed by atoms with van der Waals surface area (Å²) in [6.07, 6.45) is 1.20. The summed E-state index contributed by atoms with van der Waals surface area (Å²) in [6.45, 7) is 2.06. The van der Waals surface area contributed by atoms with Crippen LogP contribution in [0, 0.1) is 6.92 Å². The van der Waals surface area contributed by atoms with Gasteiger partial charge in [0.05, 0.1) is 5.69 Å². The van der Waals surface area contributed by atoms with Gasteiger partial charge >= 0.3 is 0 Å². The average Bonchev–Trinajstić information content (AvgIpc) is 3.01. The summed E-state index contributed by atoms with van der Waals surface area (Å²) < 4.78 is 0. The third kappa shape index (κ3) is 4.20. The minimum atomic E-state index is 0.0150. The smallest absolute Gasteiger partial charge is 0.224 e. The van der Waals surface area contributed by atoms with Crippen LogP contribution in [0.5, 0.6) is 0 Å². The highest BCUT2D eigenvalue weighted by atomic mass is 32.1. The highest BCUT2D eigenvalue weighted by molar-refractivity contribution is 7.13. The van der Waals surface area contributed by atoms with Crippen LogP contribution < -0.4 is 11.1 Å². The zero-order valence-electron chi connectivity index (χ0n) is 13.5. The first-order valence-electron chi connectivity index (χ1n) is 7.77. The summed E-state index contributed by atoms with van der Waals surface area (Å²) in [5, 5.41) is 5.40. The van der Waals surface area contributed by atoms with E-state index in [2.05, 4.69) is 41.5 Å². The molecule has 0 aliphatic heterocycles. The van der Waals surface area contributed by atoms with Crippen LogP contribution in [0.15, 0.2) is 53.9 Å². The first kappa shape index (κ1) is 16.2. The third-order valence-corrected chi connectivity index (χ3v) is 4.42. The molecule has 0 spiro atoms. The predicted molar refractivity (Wildman–Crippen MR) is 100 cm³/mol. The molecule has 122 valence electrons. The molecule has 0 saturated heterocycles. The number of benzene rings is 2. The van der Waals surface area contributed by atoms with Gasteiger partial charge in [0.1, 0.15) is 0 Å². The van der Waals surface area contributed by atoms with Crippen LogP contribution >= 0.6 is 11.3 Å². The van der Waals surface area contributed by atoms with Crippen molar-refractivity contribution in [3.8, 4) is 11.3 Å². The van der Waals surface area contributed by atoms with E-state index < -0.39 is 0 Å². The monoisotopic (exact) mass is 337 g/mol. The highest BCUT2D eigenvalue weighted by Gasteiger charge is 2.05. The number of nitrogens with two attached hydrogens (primary N) is 1. The average molecular weight is 337 g/mol. The molecule has 0 atom stereocenters. The molecule has 24 heavy (non-hydrogen) atoms. The van der Waals surface area contributed by atoms with E-state index in [1.807, 2.05) is 29.6 Å². The number of nitrogens with zero attached hydrogens (tertiary/aromatic N) is 1. The number of amides is 1. The highest BCUT2D eigenvalue weighted by Crippen LogP contribution is 2.24. The van der Waals surface area contributed by atoms with Crippen LogP contribution in [-0.2, 0) is 11.2 Å². The second-order valence-electron chi connectivity index (χ2n) is 5.68. The number of nitrogens with one attached hydrogen (secondary N) is 1. The van der Waals surface area contributed by atoms with E-state index in [4.69, 9.17) is 5.73 Å². The maximum Gasteiger partial charge on any atom is 0.224 e. The number of nitrogen functional groups attached to an aromatic ring is 1. The number of hydrogen-bond acceptors (Lipinski definition) is 4. The minimum Gasteiger partial charge on any atom is -0.375 e. The lowest BCUT2D eigenvalue weighted by molar-refractivity contribution is -0.116. The minimum absolute atomic E-state index is 0.0150. The van der Waals surface area contributed by atoms with Crippen molar-refractivity contribution >= 4 is 28.1 Å². The molecular weight excluding hydrogens is 318 g/mol. The van der Waals surface area contributed by atoms with Gasteiger partial charge < -0.3 is 11.1 Å². The Labute approximate surface area is 145 Å². The topological polar surface area (TPSA) is 68.0 Å². The molecule has 3 aromatic rings. The Hall–Kier alpha value is -2.66. The van der Waals surface area contributed by atoms with E-state index in [1.165, 1.54) is 22.5 Å². The van der Waals surface area contributed by atoms with Gasteiger partial charge in [-0.15, -0.1) is 11.3 Å². The Kier molecular flexibility index (Phi) is 4.91. The standard InChI is InChI=1S/C19H19N3OS/c1-13-2-4-14(5-3-13)6-11-18(23)21-16-9-7-15(8-10-16)17-12-24-19(20)22-17/h2-5,7-10,12H,6,11H2,1H3,(H2,20,22)(H,21,23). The Balaban J connectivity index is 1.55. The summed E-state index contributed by atoms with van der Waals surface area (Å²) in [7, 11) is 0. The number of hydrogen-bond donors (Lipinski definition) is 2. The Morgan fingerprint density at radius 2 is 1.83 bits per heavy atom. The SMILES string of the molecule is Cc1ccc(CCC(=O)Nc2ccc(-c3csc(N)n3)cc2)cc1. The Morgan fingerprint density at radius 1 is 1.12 bits per heavy atom. The first-order valence-corrected chi connectivity index (χ1v) is 8.65. The van der Waals surface area contributed by atoms with Crippen molar-refractivity contribution in [3.05, 3.63) is 65.0 Å². The normalized spacial score (nSPS) is 10.5. The summed E-state index contributed by atoms with van der Waals surface area (Å²) in [6, 6.07) is 15.9. The first-order chi connectivity index (χ1) is 11.6. The van der Waals surface area contributed by atoms with Gasteiger partial charge in [-0.05, 0) is 31.0 Å². The molecule has 0 aliphatic rings. The van der Waals surface area contributed by atoms with Crippen molar-refractivity contribution in [3.63, 3.8) is 0 Å². The molecule has 3 rings (SSSR count). The molecule has 2 aromatic carbocycles. The zero-order chi connectivity index (χ0) is 16.9. The van der Waals surface area contributed by atoms with Gasteiger partial charge in [0.15, 0.2) is 5.13 Å². The summed E-state index contributed by atoms with van der Waals surface area (Å²) in [5.74, 6) is 0.0150. The number of carbonyl (C=O) groups is 1. The fourth-order valence-corrected chi connectivity index (χ4v) is 2.95. The Morgan fingerprint density at radius 3 is 2.46 bits per heavy atom. The fraction of sp³-hybridized carbons (Fsp3) is 0.158. The van der Waals surface area contributed by atoms with Gasteiger partial charge in [0, 0.05) is 23.1 Å². The van der Waals surface area contributed by atoms with Crippen LogP contribution in [0.1, 0.15) is 17.5 Å². The molecule has 0 bridgehead atoms. The van der Waals surface area contributed by atoms with Crippen molar-refractivity contribution in [2.45, 2.75) is 19.8 Å². The quantitative estimate of drug-likeness (QED) is 0.730. The summed E-state index contributed by atoms with van der Waals surface area (Å²) in [4.78, 5) is 16.3. The molecule has 5 heteroatoms. The lowest BCUT2D eigenvalue weighted by Crippen LogP contribution is -2.12. The molecule has 3 N–H and O–H groups in total. The lowest BCUT2D eigenvalue weighted by atomic mass is 10.1. The molecule has 0 fully saturated rings. The van der Waals surface area contributed by atoms with Gasteiger partial charge in [-0.2, -0.15) is 0 Å². The number of aryl methyl sites for hydroxylation is 2. The number of aromatic nitrogens is 1. The molecule has 1 amide bonds. The van der Waals surface area contributed by atoms with E-state index >= 15 is 0 Å². The van der Waals surface area contributed by atoms with Gasteiger partial charge in [-0.1, -0.05) is 42.0 Å². The van der Waals surface area contributed by atoms with Gasteiger partial charge in [0.25, 0.3) is 0 Å². The molecule has 0 unspecified atom stereocenters. The fourth-order valence-electron chi connectivity index (χ4n) is 2.38. The maximum atomic E-state index is 12.1. The van der Waals surface area contributed by atoms with Crippen molar-refractivity contribution < 1.29 is 4.79 Å².